The number of rotatable bonds is 6. The van der Waals surface area contributed by atoms with E-state index in [1.807, 2.05) is 24.0 Å². The van der Waals surface area contributed by atoms with E-state index in [4.69, 9.17) is 11.6 Å². The smallest absolute Gasteiger partial charge is 0.255 e. The van der Waals surface area contributed by atoms with Crippen molar-refractivity contribution in [2.24, 2.45) is 0 Å². The van der Waals surface area contributed by atoms with E-state index >= 15 is 0 Å². The molecule has 1 aromatic carbocycles. The molecule has 4 heteroatoms. The standard InChI is InChI=1S/C14H19BrClNO/c1-3-4-9-17(10-8-15)14(18)12-7-5-6-11(2)13(12)16/h5-7H,3-4,8-10H2,1-2H3. The van der Waals surface area contributed by atoms with E-state index in [1.54, 1.807) is 6.07 Å². The minimum atomic E-state index is 0.0246. The molecule has 0 radical (unpaired) electrons. The summed E-state index contributed by atoms with van der Waals surface area (Å²) in [7, 11) is 0. The summed E-state index contributed by atoms with van der Waals surface area (Å²) in [5.74, 6) is 0.0246. The molecule has 0 heterocycles. The Morgan fingerprint density at radius 2 is 2.11 bits per heavy atom. The molecule has 1 rings (SSSR count). The predicted octanol–water partition coefficient (Wildman–Crippen LogP) is 4.29. The number of unbranched alkanes of at least 4 members (excludes halogenated alkanes) is 1. The number of carbonyl (C=O) groups excluding carboxylic acids is 1. The third kappa shape index (κ3) is 3.99. The summed E-state index contributed by atoms with van der Waals surface area (Å²) in [5, 5.41) is 1.35. The molecule has 0 bridgehead atoms. The molecule has 0 aliphatic rings. The van der Waals surface area contributed by atoms with Gasteiger partial charge in [-0.1, -0.05) is 53.0 Å². The molecular formula is C14H19BrClNO. The van der Waals surface area contributed by atoms with Crippen LogP contribution in [0.25, 0.3) is 0 Å². The minimum Gasteiger partial charge on any atom is -0.338 e. The summed E-state index contributed by atoms with van der Waals surface area (Å²) in [6.07, 6.45) is 2.09. The van der Waals surface area contributed by atoms with Gasteiger partial charge in [0.05, 0.1) is 10.6 Å². The Kier molecular flexibility index (Phi) is 6.72. The lowest BCUT2D eigenvalue weighted by Crippen LogP contribution is -2.33. The number of benzene rings is 1. The van der Waals surface area contributed by atoms with E-state index in [0.29, 0.717) is 17.1 Å². The molecule has 18 heavy (non-hydrogen) atoms. The van der Waals surface area contributed by atoms with Crippen LogP contribution < -0.4 is 0 Å². The van der Waals surface area contributed by atoms with Crippen LogP contribution in [0.15, 0.2) is 18.2 Å². The molecule has 0 saturated heterocycles. The zero-order valence-corrected chi connectivity index (χ0v) is 13.2. The van der Waals surface area contributed by atoms with Crippen molar-refractivity contribution in [1.82, 2.24) is 4.90 Å². The van der Waals surface area contributed by atoms with Gasteiger partial charge in [0.1, 0.15) is 0 Å². The first-order valence-corrected chi connectivity index (χ1v) is 7.72. The van der Waals surface area contributed by atoms with E-state index in [1.165, 1.54) is 0 Å². The average Bonchev–Trinajstić information content (AvgIpc) is 2.37. The molecule has 100 valence electrons. The Morgan fingerprint density at radius 1 is 1.39 bits per heavy atom. The SMILES string of the molecule is CCCCN(CCBr)C(=O)c1cccc(C)c1Cl. The Labute approximate surface area is 122 Å². The average molecular weight is 333 g/mol. The van der Waals surface area contributed by atoms with E-state index in [-0.39, 0.29) is 5.91 Å². The van der Waals surface area contributed by atoms with Gasteiger partial charge < -0.3 is 4.90 Å². The van der Waals surface area contributed by atoms with Gasteiger partial charge in [-0.15, -0.1) is 0 Å². The highest BCUT2D eigenvalue weighted by Gasteiger charge is 2.18. The van der Waals surface area contributed by atoms with Gasteiger partial charge in [0.25, 0.3) is 5.91 Å². The first-order valence-electron chi connectivity index (χ1n) is 6.22. The van der Waals surface area contributed by atoms with Crippen LogP contribution in [-0.4, -0.2) is 29.2 Å². The van der Waals surface area contributed by atoms with Gasteiger partial charge in [-0.05, 0) is 25.0 Å². The number of hydrogen-bond acceptors (Lipinski definition) is 1. The molecule has 2 nitrogen and oxygen atoms in total. The molecule has 0 N–H and O–H groups in total. The minimum absolute atomic E-state index is 0.0246. The molecule has 1 aromatic rings. The Morgan fingerprint density at radius 3 is 2.72 bits per heavy atom. The first-order chi connectivity index (χ1) is 8.61. The fourth-order valence-corrected chi connectivity index (χ4v) is 2.38. The van der Waals surface area contributed by atoms with Gasteiger partial charge in [0, 0.05) is 18.4 Å². The van der Waals surface area contributed by atoms with Crippen molar-refractivity contribution < 1.29 is 4.79 Å². The number of amides is 1. The largest absolute Gasteiger partial charge is 0.338 e. The fraction of sp³-hybridized carbons (Fsp3) is 0.500. The summed E-state index contributed by atoms with van der Waals surface area (Å²) in [6.45, 7) is 5.53. The summed E-state index contributed by atoms with van der Waals surface area (Å²) < 4.78 is 0. The summed E-state index contributed by atoms with van der Waals surface area (Å²) in [4.78, 5) is 14.3. The van der Waals surface area contributed by atoms with Crippen LogP contribution in [0.1, 0.15) is 35.7 Å². The van der Waals surface area contributed by atoms with Crippen molar-refractivity contribution in [1.29, 1.82) is 0 Å². The van der Waals surface area contributed by atoms with Crippen molar-refractivity contribution in [2.45, 2.75) is 26.7 Å². The van der Waals surface area contributed by atoms with Crippen LogP contribution in [-0.2, 0) is 0 Å². The second kappa shape index (κ2) is 7.80. The van der Waals surface area contributed by atoms with Crippen molar-refractivity contribution in [2.75, 3.05) is 18.4 Å². The summed E-state index contributed by atoms with van der Waals surface area (Å²) >= 11 is 9.60. The van der Waals surface area contributed by atoms with E-state index in [2.05, 4.69) is 22.9 Å². The molecule has 0 atom stereocenters. The number of carbonyl (C=O) groups is 1. The molecule has 0 unspecified atom stereocenters. The quantitative estimate of drug-likeness (QED) is 0.712. The highest BCUT2D eigenvalue weighted by Crippen LogP contribution is 2.22. The second-order valence-corrected chi connectivity index (χ2v) is 5.44. The summed E-state index contributed by atoms with van der Waals surface area (Å²) in [6, 6.07) is 5.59. The number of halogens is 2. The Balaban J connectivity index is 2.90. The lowest BCUT2D eigenvalue weighted by atomic mass is 10.1. The zero-order chi connectivity index (χ0) is 13.5. The van der Waals surface area contributed by atoms with Crippen molar-refractivity contribution in [3.05, 3.63) is 34.3 Å². The molecule has 0 fully saturated rings. The maximum absolute atomic E-state index is 12.4. The third-order valence-electron chi connectivity index (χ3n) is 2.85. The van der Waals surface area contributed by atoms with Crippen LogP contribution in [0.4, 0.5) is 0 Å². The maximum atomic E-state index is 12.4. The number of aryl methyl sites for hydroxylation is 1. The van der Waals surface area contributed by atoms with Crippen LogP contribution in [0, 0.1) is 6.92 Å². The van der Waals surface area contributed by atoms with Crippen LogP contribution >= 0.6 is 27.5 Å². The molecule has 0 aliphatic heterocycles. The van der Waals surface area contributed by atoms with E-state index in [0.717, 1.165) is 30.3 Å². The number of hydrogen-bond donors (Lipinski definition) is 0. The van der Waals surface area contributed by atoms with E-state index < -0.39 is 0 Å². The van der Waals surface area contributed by atoms with Crippen LogP contribution in [0.2, 0.25) is 5.02 Å². The molecule has 0 saturated carbocycles. The molecular weight excluding hydrogens is 314 g/mol. The second-order valence-electron chi connectivity index (χ2n) is 4.27. The van der Waals surface area contributed by atoms with Gasteiger partial charge in [0.15, 0.2) is 0 Å². The molecule has 0 aromatic heterocycles. The normalized spacial score (nSPS) is 10.4. The maximum Gasteiger partial charge on any atom is 0.255 e. The highest BCUT2D eigenvalue weighted by molar-refractivity contribution is 9.09. The molecule has 1 amide bonds. The van der Waals surface area contributed by atoms with Gasteiger partial charge in [0.2, 0.25) is 0 Å². The zero-order valence-electron chi connectivity index (χ0n) is 10.9. The Hall–Kier alpha value is -0.540. The number of alkyl halides is 1. The van der Waals surface area contributed by atoms with Gasteiger partial charge >= 0.3 is 0 Å². The molecule has 0 aliphatic carbocycles. The van der Waals surface area contributed by atoms with E-state index in [9.17, 15) is 4.79 Å². The topological polar surface area (TPSA) is 20.3 Å². The van der Waals surface area contributed by atoms with Gasteiger partial charge in [-0.2, -0.15) is 0 Å². The fourth-order valence-electron chi connectivity index (χ4n) is 1.75. The van der Waals surface area contributed by atoms with Crippen molar-refractivity contribution >= 4 is 33.4 Å². The van der Waals surface area contributed by atoms with Gasteiger partial charge in [-0.3, -0.25) is 4.79 Å². The highest BCUT2D eigenvalue weighted by atomic mass is 79.9. The van der Waals surface area contributed by atoms with Crippen LogP contribution in [0.3, 0.4) is 0 Å². The summed E-state index contributed by atoms with van der Waals surface area (Å²) in [5.41, 5.74) is 1.55. The van der Waals surface area contributed by atoms with Crippen molar-refractivity contribution in [3.8, 4) is 0 Å². The third-order valence-corrected chi connectivity index (χ3v) is 3.70. The molecule has 0 spiro atoms. The van der Waals surface area contributed by atoms with Crippen LogP contribution in [0.5, 0.6) is 0 Å². The van der Waals surface area contributed by atoms with Gasteiger partial charge in [-0.25, -0.2) is 0 Å². The first kappa shape index (κ1) is 15.5. The lowest BCUT2D eigenvalue weighted by Gasteiger charge is -2.22. The lowest BCUT2D eigenvalue weighted by molar-refractivity contribution is 0.0764. The Bertz CT molecular complexity index is 409. The monoisotopic (exact) mass is 331 g/mol. The number of nitrogens with zero attached hydrogens (tertiary/aromatic N) is 1. The predicted molar refractivity (Wildman–Crippen MR) is 80.8 cm³/mol. The van der Waals surface area contributed by atoms with Crippen molar-refractivity contribution in [3.63, 3.8) is 0 Å².